The third-order valence-electron chi connectivity index (χ3n) is 3.54. The van der Waals surface area contributed by atoms with Gasteiger partial charge in [-0.05, 0) is 37.3 Å². The van der Waals surface area contributed by atoms with Gasteiger partial charge in [-0.1, -0.05) is 46.1 Å². The zero-order valence-corrected chi connectivity index (χ0v) is 15.0. The van der Waals surface area contributed by atoms with E-state index in [0.717, 1.165) is 19.3 Å². The highest BCUT2D eigenvalue weighted by Gasteiger charge is 2.30. The number of rotatable bonds is 2. The summed E-state index contributed by atoms with van der Waals surface area (Å²) in [4.78, 5) is 0.0126. The molecule has 7 heteroatoms. The maximum Gasteiger partial charge on any atom is 0.246 e. The summed E-state index contributed by atoms with van der Waals surface area (Å²) in [5.74, 6) is 0.547. The molecule has 112 valence electrons. The lowest BCUT2D eigenvalue weighted by molar-refractivity contribution is 0.417. The van der Waals surface area contributed by atoms with E-state index in [0.29, 0.717) is 23.5 Å². The Bertz CT molecular complexity index is 583. The van der Waals surface area contributed by atoms with Crippen LogP contribution in [0.2, 0.25) is 10.0 Å². The van der Waals surface area contributed by atoms with E-state index >= 15 is 0 Å². The van der Waals surface area contributed by atoms with Crippen LogP contribution in [-0.4, -0.2) is 25.8 Å². The first-order chi connectivity index (χ1) is 9.32. The normalized spacial score (nSPS) is 21.7. The van der Waals surface area contributed by atoms with Crippen LogP contribution in [0.3, 0.4) is 0 Å². The minimum absolute atomic E-state index is 0.0126. The van der Waals surface area contributed by atoms with Crippen molar-refractivity contribution in [3.05, 3.63) is 26.7 Å². The second-order valence-electron chi connectivity index (χ2n) is 5.14. The second-order valence-corrected chi connectivity index (χ2v) is 8.74. The van der Waals surface area contributed by atoms with Crippen LogP contribution in [0.15, 0.2) is 21.5 Å². The molecular formula is C13H16BrCl2NO2S. The van der Waals surface area contributed by atoms with Crippen molar-refractivity contribution in [2.24, 2.45) is 5.92 Å². The van der Waals surface area contributed by atoms with Gasteiger partial charge >= 0.3 is 0 Å². The largest absolute Gasteiger partial charge is 0.246 e. The molecule has 1 fully saturated rings. The predicted molar refractivity (Wildman–Crippen MR) is 85.9 cm³/mol. The predicted octanol–water partition coefficient (Wildman–Crippen LogP) is 4.57. The van der Waals surface area contributed by atoms with Crippen LogP contribution in [-0.2, 0) is 10.0 Å². The quantitative estimate of drug-likeness (QED) is 0.729. The molecule has 1 atom stereocenters. The highest BCUT2D eigenvalue weighted by Crippen LogP contribution is 2.35. The van der Waals surface area contributed by atoms with E-state index in [1.165, 1.54) is 4.31 Å². The van der Waals surface area contributed by atoms with Crippen molar-refractivity contribution >= 4 is 49.2 Å². The number of hydrogen-bond donors (Lipinski definition) is 0. The van der Waals surface area contributed by atoms with Crippen molar-refractivity contribution in [1.82, 2.24) is 4.31 Å². The fourth-order valence-electron chi connectivity index (χ4n) is 2.38. The molecule has 0 radical (unpaired) electrons. The topological polar surface area (TPSA) is 37.4 Å². The zero-order chi connectivity index (χ0) is 14.9. The molecule has 0 spiro atoms. The van der Waals surface area contributed by atoms with Crippen LogP contribution in [0.1, 0.15) is 26.2 Å². The summed E-state index contributed by atoms with van der Waals surface area (Å²) < 4.78 is 27.6. The standard InChI is InChI=1S/C13H16BrCl2NO2S/c1-9-3-2-5-17(6-4-9)20(18,19)13-11(15)7-10(14)8-12(13)16/h7-9H,2-6H2,1H3. The lowest BCUT2D eigenvalue weighted by Gasteiger charge is -2.21. The Labute approximate surface area is 138 Å². The summed E-state index contributed by atoms with van der Waals surface area (Å²) in [6.45, 7) is 3.19. The van der Waals surface area contributed by atoms with Gasteiger partial charge < -0.3 is 0 Å². The lowest BCUT2D eigenvalue weighted by Crippen LogP contribution is -2.32. The molecule has 1 aliphatic rings. The van der Waals surface area contributed by atoms with Crippen molar-refractivity contribution in [2.75, 3.05) is 13.1 Å². The average molecular weight is 401 g/mol. The summed E-state index contributed by atoms with van der Waals surface area (Å²) in [5, 5.41) is 0.309. The van der Waals surface area contributed by atoms with E-state index in [4.69, 9.17) is 23.2 Å². The summed E-state index contributed by atoms with van der Waals surface area (Å²) in [7, 11) is -3.64. The molecule has 1 aromatic carbocycles. The van der Waals surface area contributed by atoms with Crippen LogP contribution in [0.5, 0.6) is 0 Å². The summed E-state index contributed by atoms with van der Waals surface area (Å²) in [6, 6.07) is 3.11. The Hall–Kier alpha value is 0.190. The molecular weight excluding hydrogens is 385 g/mol. The van der Waals surface area contributed by atoms with Gasteiger partial charge in [0.05, 0.1) is 10.0 Å². The highest BCUT2D eigenvalue weighted by atomic mass is 79.9. The number of halogens is 3. The van der Waals surface area contributed by atoms with Crippen molar-refractivity contribution in [3.63, 3.8) is 0 Å². The molecule has 1 aliphatic heterocycles. The Kier molecular flexibility index (Phi) is 5.40. The van der Waals surface area contributed by atoms with E-state index in [2.05, 4.69) is 22.9 Å². The molecule has 1 aromatic rings. The molecule has 3 nitrogen and oxygen atoms in total. The maximum atomic E-state index is 12.7. The molecule has 20 heavy (non-hydrogen) atoms. The van der Waals surface area contributed by atoms with Crippen molar-refractivity contribution in [3.8, 4) is 0 Å². The van der Waals surface area contributed by atoms with Gasteiger partial charge in [-0.25, -0.2) is 8.42 Å². The fraction of sp³-hybridized carbons (Fsp3) is 0.538. The molecule has 1 heterocycles. The fourth-order valence-corrected chi connectivity index (χ4v) is 5.76. The van der Waals surface area contributed by atoms with Crippen LogP contribution in [0, 0.1) is 5.92 Å². The molecule has 1 unspecified atom stereocenters. The minimum atomic E-state index is -3.64. The van der Waals surface area contributed by atoms with Crippen LogP contribution in [0.4, 0.5) is 0 Å². The Morgan fingerprint density at radius 3 is 2.40 bits per heavy atom. The second kappa shape index (κ2) is 6.53. The Morgan fingerprint density at radius 1 is 1.20 bits per heavy atom. The van der Waals surface area contributed by atoms with Gasteiger partial charge in [0, 0.05) is 17.6 Å². The maximum absolute atomic E-state index is 12.7. The van der Waals surface area contributed by atoms with Gasteiger partial charge in [-0.15, -0.1) is 0 Å². The summed E-state index contributed by atoms with van der Waals surface area (Å²) in [6.07, 6.45) is 2.78. The molecule has 0 bridgehead atoms. The van der Waals surface area contributed by atoms with Gasteiger partial charge in [-0.2, -0.15) is 4.31 Å². The van der Waals surface area contributed by atoms with Gasteiger partial charge in [0.25, 0.3) is 0 Å². The first-order valence-corrected chi connectivity index (χ1v) is 9.46. The van der Waals surface area contributed by atoms with E-state index in [1.807, 2.05) is 0 Å². The average Bonchev–Trinajstić information content (AvgIpc) is 2.52. The van der Waals surface area contributed by atoms with Crippen molar-refractivity contribution < 1.29 is 8.42 Å². The van der Waals surface area contributed by atoms with Gasteiger partial charge in [0.2, 0.25) is 10.0 Å². The number of benzene rings is 1. The first-order valence-electron chi connectivity index (χ1n) is 6.47. The third kappa shape index (κ3) is 3.50. The SMILES string of the molecule is CC1CCCN(S(=O)(=O)c2c(Cl)cc(Br)cc2Cl)CC1. The van der Waals surface area contributed by atoms with Crippen LogP contribution >= 0.6 is 39.1 Å². The molecule has 1 saturated heterocycles. The van der Waals surface area contributed by atoms with E-state index in [9.17, 15) is 8.42 Å². The summed E-state index contributed by atoms with van der Waals surface area (Å²) in [5.41, 5.74) is 0. The first kappa shape index (κ1) is 16.6. The van der Waals surface area contributed by atoms with Crippen molar-refractivity contribution in [1.29, 1.82) is 0 Å². The molecule has 0 saturated carbocycles. The molecule has 0 amide bonds. The Balaban J connectivity index is 2.40. The van der Waals surface area contributed by atoms with E-state index in [1.54, 1.807) is 12.1 Å². The highest BCUT2D eigenvalue weighted by molar-refractivity contribution is 9.10. The van der Waals surface area contributed by atoms with Gasteiger partial charge in [-0.3, -0.25) is 0 Å². The molecule has 2 rings (SSSR count). The summed E-state index contributed by atoms with van der Waals surface area (Å²) >= 11 is 15.4. The van der Waals surface area contributed by atoms with Gasteiger partial charge in [0.1, 0.15) is 4.90 Å². The van der Waals surface area contributed by atoms with Crippen molar-refractivity contribution in [2.45, 2.75) is 31.1 Å². The molecule has 0 aliphatic carbocycles. The third-order valence-corrected chi connectivity index (χ3v) is 6.82. The zero-order valence-electron chi connectivity index (χ0n) is 11.1. The lowest BCUT2D eigenvalue weighted by atomic mass is 10.0. The van der Waals surface area contributed by atoms with Crippen LogP contribution < -0.4 is 0 Å². The van der Waals surface area contributed by atoms with Gasteiger partial charge in [0.15, 0.2) is 0 Å². The Morgan fingerprint density at radius 2 is 1.80 bits per heavy atom. The van der Waals surface area contributed by atoms with E-state index < -0.39 is 10.0 Å². The molecule has 0 N–H and O–H groups in total. The number of sulfonamides is 1. The van der Waals surface area contributed by atoms with Crippen LogP contribution in [0.25, 0.3) is 0 Å². The number of nitrogens with zero attached hydrogens (tertiary/aromatic N) is 1. The molecule has 0 aromatic heterocycles. The smallest absolute Gasteiger partial charge is 0.207 e. The van der Waals surface area contributed by atoms with E-state index in [-0.39, 0.29) is 14.9 Å². The monoisotopic (exact) mass is 399 g/mol. The number of hydrogen-bond acceptors (Lipinski definition) is 2. The minimum Gasteiger partial charge on any atom is -0.207 e.